The summed E-state index contributed by atoms with van der Waals surface area (Å²) in [6.45, 7) is 3.94. The molecule has 0 saturated carbocycles. The molecule has 0 saturated heterocycles. The first-order chi connectivity index (χ1) is 7.79. The Bertz CT molecular complexity index is 360. The second kappa shape index (κ2) is 6.83. The van der Waals surface area contributed by atoms with Crippen LogP contribution in [0.2, 0.25) is 0 Å². The van der Waals surface area contributed by atoms with Crippen LogP contribution in [0.25, 0.3) is 0 Å². The summed E-state index contributed by atoms with van der Waals surface area (Å²) in [5.74, 6) is 1.66. The third-order valence-corrected chi connectivity index (χ3v) is 2.51. The molecule has 1 aromatic rings. The summed E-state index contributed by atoms with van der Waals surface area (Å²) in [5, 5.41) is 3.37. The highest BCUT2D eigenvalue weighted by molar-refractivity contribution is 8.93. The lowest BCUT2D eigenvalue weighted by molar-refractivity contribution is 0.171. The summed E-state index contributed by atoms with van der Waals surface area (Å²) < 4.78 is 15.6. The van der Waals surface area contributed by atoms with Crippen LogP contribution in [0.5, 0.6) is 11.5 Å². The predicted molar refractivity (Wildman–Crippen MR) is 71.1 cm³/mol. The smallest absolute Gasteiger partial charge is 0.231 e. The molecule has 0 bridgehead atoms. The SMILES string of the molecule is Br.COCC(C)NCc1ccc2c(c1)OCO2. The lowest BCUT2D eigenvalue weighted by atomic mass is 10.2. The molecule has 1 aromatic carbocycles. The topological polar surface area (TPSA) is 39.7 Å². The third-order valence-electron chi connectivity index (χ3n) is 2.51. The zero-order valence-corrected chi connectivity index (χ0v) is 11.8. The highest BCUT2D eigenvalue weighted by Crippen LogP contribution is 2.32. The van der Waals surface area contributed by atoms with E-state index in [9.17, 15) is 0 Å². The molecule has 1 aliphatic rings. The molecule has 0 radical (unpaired) electrons. The average Bonchev–Trinajstić information content (AvgIpc) is 2.74. The minimum atomic E-state index is 0. The van der Waals surface area contributed by atoms with Crippen LogP contribution in [0.3, 0.4) is 0 Å². The molecule has 96 valence electrons. The van der Waals surface area contributed by atoms with Crippen LogP contribution in [-0.4, -0.2) is 26.6 Å². The van der Waals surface area contributed by atoms with Gasteiger partial charge in [-0.3, -0.25) is 0 Å². The van der Waals surface area contributed by atoms with Gasteiger partial charge in [0.05, 0.1) is 6.61 Å². The van der Waals surface area contributed by atoms with Gasteiger partial charge in [0.2, 0.25) is 6.79 Å². The number of rotatable bonds is 5. The van der Waals surface area contributed by atoms with E-state index in [-0.39, 0.29) is 17.0 Å². The van der Waals surface area contributed by atoms with Crippen molar-refractivity contribution >= 4 is 17.0 Å². The summed E-state index contributed by atoms with van der Waals surface area (Å²) in [6.07, 6.45) is 0. The minimum absolute atomic E-state index is 0. The highest BCUT2D eigenvalue weighted by Gasteiger charge is 2.13. The molecule has 1 N–H and O–H groups in total. The van der Waals surface area contributed by atoms with Gasteiger partial charge >= 0.3 is 0 Å². The van der Waals surface area contributed by atoms with E-state index in [1.165, 1.54) is 5.56 Å². The van der Waals surface area contributed by atoms with E-state index in [0.717, 1.165) is 18.0 Å². The van der Waals surface area contributed by atoms with Gasteiger partial charge in [-0.15, -0.1) is 17.0 Å². The number of fused-ring (bicyclic) bond motifs is 1. The molecule has 1 heterocycles. The first kappa shape index (κ1) is 14.3. The normalized spacial score (nSPS) is 14.2. The second-order valence-electron chi connectivity index (χ2n) is 3.92. The van der Waals surface area contributed by atoms with Gasteiger partial charge in [0.25, 0.3) is 0 Å². The number of benzene rings is 1. The van der Waals surface area contributed by atoms with Gasteiger partial charge in [0, 0.05) is 19.7 Å². The summed E-state index contributed by atoms with van der Waals surface area (Å²) in [5.41, 5.74) is 1.19. The van der Waals surface area contributed by atoms with E-state index in [1.54, 1.807) is 7.11 Å². The Morgan fingerprint density at radius 3 is 2.88 bits per heavy atom. The summed E-state index contributed by atoms with van der Waals surface area (Å²) >= 11 is 0. The van der Waals surface area contributed by atoms with E-state index in [2.05, 4.69) is 12.2 Å². The molecule has 4 nitrogen and oxygen atoms in total. The number of nitrogens with one attached hydrogen (secondary N) is 1. The van der Waals surface area contributed by atoms with Crippen molar-refractivity contribution in [1.82, 2.24) is 5.32 Å². The molecule has 0 aromatic heterocycles. The number of hydrogen-bond donors (Lipinski definition) is 1. The van der Waals surface area contributed by atoms with Crippen molar-refractivity contribution < 1.29 is 14.2 Å². The van der Waals surface area contributed by atoms with Crippen molar-refractivity contribution in [3.05, 3.63) is 23.8 Å². The number of methoxy groups -OCH3 is 1. The molecule has 17 heavy (non-hydrogen) atoms. The Morgan fingerprint density at radius 1 is 1.35 bits per heavy atom. The van der Waals surface area contributed by atoms with Crippen molar-refractivity contribution in [1.29, 1.82) is 0 Å². The van der Waals surface area contributed by atoms with Crippen molar-refractivity contribution in [2.45, 2.75) is 19.5 Å². The maximum atomic E-state index is 5.32. The quantitative estimate of drug-likeness (QED) is 0.904. The van der Waals surface area contributed by atoms with E-state index >= 15 is 0 Å². The van der Waals surface area contributed by atoms with Gasteiger partial charge in [-0.25, -0.2) is 0 Å². The maximum Gasteiger partial charge on any atom is 0.231 e. The maximum absolute atomic E-state index is 5.32. The van der Waals surface area contributed by atoms with Crippen molar-refractivity contribution in [3.8, 4) is 11.5 Å². The molecule has 1 aliphatic heterocycles. The molecule has 1 atom stereocenters. The molecule has 5 heteroatoms. The fourth-order valence-corrected chi connectivity index (χ4v) is 1.65. The zero-order valence-electron chi connectivity index (χ0n) is 10.1. The van der Waals surface area contributed by atoms with Gasteiger partial charge in [-0.1, -0.05) is 6.07 Å². The number of hydrogen-bond acceptors (Lipinski definition) is 4. The first-order valence-corrected chi connectivity index (χ1v) is 5.40. The van der Waals surface area contributed by atoms with Crippen LogP contribution >= 0.6 is 17.0 Å². The Labute approximate surface area is 112 Å². The monoisotopic (exact) mass is 303 g/mol. The molecule has 0 amide bonds. The fraction of sp³-hybridized carbons (Fsp3) is 0.500. The summed E-state index contributed by atoms with van der Waals surface area (Å²) in [6, 6.07) is 6.34. The minimum Gasteiger partial charge on any atom is -0.454 e. The molecule has 1 unspecified atom stereocenters. The third kappa shape index (κ3) is 3.87. The molecule has 2 rings (SSSR count). The van der Waals surface area contributed by atoms with Gasteiger partial charge in [0.1, 0.15) is 0 Å². The van der Waals surface area contributed by atoms with E-state index in [1.807, 2.05) is 18.2 Å². The largest absolute Gasteiger partial charge is 0.454 e. The average molecular weight is 304 g/mol. The molecular formula is C12H18BrNO3. The molecule has 0 aliphatic carbocycles. The summed E-state index contributed by atoms with van der Waals surface area (Å²) in [4.78, 5) is 0. The fourth-order valence-electron chi connectivity index (χ4n) is 1.65. The van der Waals surface area contributed by atoms with Crippen LogP contribution < -0.4 is 14.8 Å². The van der Waals surface area contributed by atoms with Gasteiger partial charge in [0.15, 0.2) is 11.5 Å². The van der Waals surface area contributed by atoms with Gasteiger partial charge in [-0.05, 0) is 24.6 Å². The lowest BCUT2D eigenvalue weighted by Gasteiger charge is -2.12. The Balaban J connectivity index is 0.00000144. The molecular weight excluding hydrogens is 286 g/mol. The zero-order chi connectivity index (χ0) is 11.4. The highest BCUT2D eigenvalue weighted by atomic mass is 79.9. The van der Waals surface area contributed by atoms with Crippen LogP contribution in [0, 0.1) is 0 Å². The van der Waals surface area contributed by atoms with Crippen LogP contribution in [0.15, 0.2) is 18.2 Å². The van der Waals surface area contributed by atoms with E-state index in [4.69, 9.17) is 14.2 Å². The van der Waals surface area contributed by atoms with Crippen LogP contribution in [0.4, 0.5) is 0 Å². The van der Waals surface area contributed by atoms with Crippen LogP contribution in [0.1, 0.15) is 12.5 Å². The van der Waals surface area contributed by atoms with Gasteiger partial charge in [-0.2, -0.15) is 0 Å². The Kier molecular flexibility index (Phi) is 5.74. The second-order valence-corrected chi connectivity index (χ2v) is 3.92. The van der Waals surface area contributed by atoms with Crippen molar-refractivity contribution in [2.24, 2.45) is 0 Å². The standard InChI is InChI=1S/C12H17NO3.BrH/c1-9(7-14-2)13-6-10-3-4-11-12(5-10)16-8-15-11;/h3-5,9,13H,6-8H2,1-2H3;1H. The first-order valence-electron chi connectivity index (χ1n) is 5.40. The number of halogens is 1. The van der Waals surface area contributed by atoms with Crippen molar-refractivity contribution in [2.75, 3.05) is 20.5 Å². The number of ether oxygens (including phenoxy) is 3. The summed E-state index contributed by atoms with van der Waals surface area (Å²) in [7, 11) is 1.71. The Hall–Kier alpha value is -0.780. The van der Waals surface area contributed by atoms with Crippen LogP contribution in [-0.2, 0) is 11.3 Å². The van der Waals surface area contributed by atoms with Gasteiger partial charge < -0.3 is 19.5 Å². The van der Waals surface area contributed by atoms with E-state index < -0.39 is 0 Å². The molecule has 0 spiro atoms. The predicted octanol–water partition coefficient (Wildman–Crippen LogP) is 2.12. The molecule has 0 fully saturated rings. The van der Waals surface area contributed by atoms with E-state index in [0.29, 0.717) is 19.4 Å². The van der Waals surface area contributed by atoms with Crippen molar-refractivity contribution in [3.63, 3.8) is 0 Å². The Morgan fingerprint density at radius 2 is 2.12 bits per heavy atom. The lowest BCUT2D eigenvalue weighted by Crippen LogP contribution is -2.29.